The summed E-state index contributed by atoms with van der Waals surface area (Å²) in [7, 11) is 2.15. The summed E-state index contributed by atoms with van der Waals surface area (Å²) < 4.78 is 1.97. The van der Waals surface area contributed by atoms with E-state index in [2.05, 4.69) is 52.1 Å². The summed E-state index contributed by atoms with van der Waals surface area (Å²) in [5, 5.41) is 13.1. The van der Waals surface area contributed by atoms with E-state index in [-0.39, 0.29) is 0 Å². The van der Waals surface area contributed by atoms with Gasteiger partial charge in [0.1, 0.15) is 5.69 Å². The van der Waals surface area contributed by atoms with Crippen LogP contribution in [-0.4, -0.2) is 58.1 Å². The van der Waals surface area contributed by atoms with Gasteiger partial charge in [-0.15, -0.1) is 10.2 Å². The molecule has 112 valence electrons. The number of likely N-dealkylation sites (N-methyl/N-ethyl adjacent to an activating group) is 1. The largest absolute Gasteiger partial charge is 0.353 e. The summed E-state index contributed by atoms with van der Waals surface area (Å²) in [4.78, 5) is 4.62. The molecule has 3 heterocycles. The minimum Gasteiger partial charge on any atom is -0.353 e. The van der Waals surface area contributed by atoms with Crippen molar-refractivity contribution in [3.05, 3.63) is 24.4 Å². The van der Waals surface area contributed by atoms with Gasteiger partial charge in [0.15, 0.2) is 5.82 Å². The second-order valence-electron chi connectivity index (χ2n) is 5.82. The van der Waals surface area contributed by atoms with Crippen molar-refractivity contribution in [3.8, 4) is 11.4 Å². The maximum atomic E-state index is 4.40. The van der Waals surface area contributed by atoms with Gasteiger partial charge in [-0.1, -0.05) is 0 Å². The summed E-state index contributed by atoms with van der Waals surface area (Å²) in [5.74, 6) is 0.961. The summed E-state index contributed by atoms with van der Waals surface area (Å²) in [6.45, 7) is 8.39. The SMILES string of the molecule is CC(C)n1nccc1-c1ccc(N2CCN(C)CC2)nn1. The molecule has 0 radical (unpaired) electrons. The van der Waals surface area contributed by atoms with Crippen LogP contribution >= 0.6 is 0 Å². The Balaban J connectivity index is 1.79. The predicted octanol–water partition coefficient (Wildman–Crippen LogP) is 1.67. The third kappa shape index (κ3) is 2.90. The zero-order valence-corrected chi connectivity index (χ0v) is 12.9. The average molecular weight is 286 g/mol. The molecule has 1 fully saturated rings. The lowest BCUT2D eigenvalue weighted by Crippen LogP contribution is -2.44. The van der Waals surface area contributed by atoms with E-state index in [9.17, 15) is 0 Å². The fraction of sp³-hybridized carbons (Fsp3) is 0.533. The first-order valence-corrected chi connectivity index (χ1v) is 7.46. The van der Waals surface area contributed by atoms with Crippen LogP contribution < -0.4 is 4.90 Å². The Morgan fingerprint density at radius 3 is 2.38 bits per heavy atom. The van der Waals surface area contributed by atoms with E-state index < -0.39 is 0 Å². The fourth-order valence-electron chi connectivity index (χ4n) is 2.59. The first-order valence-electron chi connectivity index (χ1n) is 7.46. The van der Waals surface area contributed by atoms with Gasteiger partial charge in [-0.05, 0) is 39.1 Å². The fourth-order valence-corrected chi connectivity index (χ4v) is 2.59. The van der Waals surface area contributed by atoms with Crippen molar-refractivity contribution in [3.63, 3.8) is 0 Å². The van der Waals surface area contributed by atoms with Gasteiger partial charge in [-0.25, -0.2) is 0 Å². The number of rotatable bonds is 3. The van der Waals surface area contributed by atoms with E-state index in [0.717, 1.165) is 43.4 Å². The molecule has 1 aliphatic heterocycles. The van der Waals surface area contributed by atoms with Gasteiger partial charge < -0.3 is 9.80 Å². The Labute approximate surface area is 125 Å². The number of hydrogen-bond acceptors (Lipinski definition) is 5. The summed E-state index contributed by atoms with van der Waals surface area (Å²) in [5.41, 5.74) is 1.89. The molecule has 2 aromatic rings. The molecule has 1 saturated heterocycles. The van der Waals surface area contributed by atoms with Gasteiger partial charge in [0.05, 0.1) is 5.69 Å². The van der Waals surface area contributed by atoms with Crippen molar-refractivity contribution in [2.45, 2.75) is 19.9 Å². The molecule has 0 bridgehead atoms. The second kappa shape index (κ2) is 5.81. The number of hydrogen-bond donors (Lipinski definition) is 0. The van der Waals surface area contributed by atoms with Crippen LogP contribution in [0.1, 0.15) is 19.9 Å². The molecule has 0 aliphatic carbocycles. The molecule has 3 rings (SSSR count). The normalized spacial score (nSPS) is 16.7. The zero-order valence-electron chi connectivity index (χ0n) is 12.9. The smallest absolute Gasteiger partial charge is 0.151 e. The Bertz CT molecular complexity index is 580. The number of aromatic nitrogens is 4. The summed E-state index contributed by atoms with van der Waals surface area (Å²) in [6.07, 6.45) is 1.81. The van der Waals surface area contributed by atoms with Crippen molar-refractivity contribution in [2.24, 2.45) is 0 Å². The van der Waals surface area contributed by atoms with E-state index >= 15 is 0 Å². The van der Waals surface area contributed by atoms with Crippen molar-refractivity contribution >= 4 is 5.82 Å². The Morgan fingerprint density at radius 2 is 1.76 bits per heavy atom. The predicted molar refractivity (Wildman–Crippen MR) is 83.3 cm³/mol. The molecule has 0 unspecified atom stereocenters. The van der Waals surface area contributed by atoms with Crippen LogP contribution in [0.3, 0.4) is 0 Å². The van der Waals surface area contributed by atoms with E-state index in [1.165, 1.54) is 0 Å². The van der Waals surface area contributed by atoms with Gasteiger partial charge in [0, 0.05) is 38.4 Å². The number of nitrogens with zero attached hydrogens (tertiary/aromatic N) is 6. The summed E-state index contributed by atoms with van der Waals surface area (Å²) >= 11 is 0. The minimum absolute atomic E-state index is 0.314. The highest BCUT2D eigenvalue weighted by Gasteiger charge is 2.16. The molecule has 1 aliphatic rings. The molecule has 0 spiro atoms. The second-order valence-corrected chi connectivity index (χ2v) is 5.82. The third-order valence-electron chi connectivity index (χ3n) is 3.90. The first-order chi connectivity index (χ1) is 10.1. The lowest BCUT2D eigenvalue weighted by atomic mass is 10.2. The summed E-state index contributed by atoms with van der Waals surface area (Å²) in [6, 6.07) is 6.40. The van der Waals surface area contributed by atoms with E-state index in [4.69, 9.17) is 0 Å². The van der Waals surface area contributed by atoms with E-state index in [1.807, 2.05) is 23.0 Å². The average Bonchev–Trinajstić information content (AvgIpc) is 2.98. The molecular formula is C15H22N6. The van der Waals surface area contributed by atoms with Gasteiger partial charge in [0.25, 0.3) is 0 Å². The lowest BCUT2D eigenvalue weighted by Gasteiger charge is -2.32. The third-order valence-corrected chi connectivity index (χ3v) is 3.90. The topological polar surface area (TPSA) is 50.1 Å². The molecule has 0 saturated carbocycles. The Morgan fingerprint density at radius 1 is 1.00 bits per heavy atom. The van der Waals surface area contributed by atoms with Crippen LogP contribution in [0.25, 0.3) is 11.4 Å². The van der Waals surface area contributed by atoms with Crippen LogP contribution in [0.2, 0.25) is 0 Å². The molecule has 21 heavy (non-hydrogen) atoms. The number of piperazine rings is 1. The highest BCUT2D eigenvalue weighted by atomic mass is 15.3. The molecule has 6 nitrogen and oxygen atoms in total. The molecule has 0 aromatic carbocycles. The van der Waals surface area contributed by atoms with Crippen molar-refractivity contribution in [1.82, 2.24) is 24.9 Å². The van der Waals surface area contributed by atoms with E-state index in [0.29, 0.717) is 6.04 Å². The van der Waals surface area contributed by atoms with Gasteiger partial charge in [0.2, 0.25) is 0 Å². The van der Waals surface area contributed by atoms with Crippen molar-refractivity contribution in [1.29, 1.82) is 0 Å². The van der Waals surface area contributed by atoms with Gasteiger partial charge >= 0.3 is 0 Å². The van der Waals surface area contributed by atoms with Crippen molar-refractivity contribution < 1.29 is 0 Å². The molecule has 2 aromatic heterocycles. The molecule has 0 amide bonds. The number of anilines is 1. The van der Waals surface area contributed by atoms with Crippen LogP contribution in [0.15, 0.2) is 24.4 Å². The van der Waals surface area contributed by atoms with Gasteiger partial charge in [-0.2, -0.15) is 5.10 Å². The zero-order chi connectivity index (χ0) is 14.8. The molecule has 6 heteroatoms. The molecular weight excluding hydrogens is 264 g/mol. The van der Waals surface area contributed by atoms with Crippen LogP contribution in [0.4, 0.5) is 5.82 Å². The minimum atomic E-state index is 0.314. The van der Waals surface area contributed by atoms with Gasteiger partial charge in [-0.3, -0.25) is 4.68 Å². The molecule has 0 atom stereocenters. The van der Waals surface area contributed by atoms with E-state index in [1.54, 1.807) is 0 Å². The molecule has 0 N–H and O–H groups in total. The Kier molecular flexibility index (Phi) is 3.88. The highest BCUT2D eigenvalue weighted by Crippen LogP contribution is 2.21. The maximum absolute atomic E-state index is 4.40. The van der Waals surface area contributed by atoms with Crippen molar-refractivity contribution in [2.75, 3.05) is 38.1 Å². The first kappa shape index (κ1) is 14.0. The van der Waals surface area contributed by atoms with Crippen LogP contribution in [-0.2, 0) is 0 Å². The maximum Gasteiger partial charge on any atom is 0.151 e. The Hall–Kier alpha value is -1.95. The monoisotopic (exact) mass is 286 g/mol. The lowest BCUT2D eigenvalue weighted by molar-refractivity contribution is 0.312. The quantitative estimate of drug-likeness (QED) is 0.859. The standard InChI is InChI=1S/C15H22N6/c1-12(2)21-14(6-7-16-21)13-4-5-15(18-17-13)20-10-8-19(3)9-11-20/h4-7,12H,8-11H2,1-3H3. The van der Waals surface area contributed by atoms with Crippen LogP contribution in [0.5, 0.6) is 0 Å². The van der Waals surface area contributed by atoms with Crippen LogP contribution in [0, 0.1) is 0 Å². The highest BCUT2D eigenvalue weighted by molar-refractivity contribution is 5.55.